The lowest BCUT2D eigenvalue weighted by molar-refractivity contribution is -0.384. The van der Waals surface area contributed by atoms with Gasteiger partial charge in [-0.15, -0.1) is 0 Å². The van der Waals surface area contributed by atoms with E-state index in [-0.39, 0.29) is 17.3 Å². The fourth-order valence-corrected chi connectivity index (χ4v) is 2.83. The third kappa shape index (κ3) is 1.59. The van der Waals surface area contributed by atoms with Crippen LogP contribution in [0.4, 0.5) is 10.5 Å². The summed E-state index contributed by atoms with van der Waals surface area (Å²) >= 11 is 0. The van der Waals surface area contributed by atoms with E-state index in [2.05, 4.69) is 0 Å². The first-order valence-electron chi connectivity index (χ1n) is 6.15. The maximum Gasteiger partial charge on any atom is 0.415 e. The van der Waals surface area contributed by atoms with E-state index in [1.807, 2.05) is 13.8 Å². The Morgan fingerprint density at radius 3 is 2.21 bits per heavy atom. The summed E-state index contributed by atoms with van der Waals surface area (Å²) in [5, 5.41) is 10.7. The first-order valence-corrected chi connectivity index (χ1v) is 6.15. The molecule has 0 spiro atoms. The molecule has 1 aromatic carbocycles. The standard InChI is InChI=1S/C13H14N2O4/c1-12(2)14(11(16)19-12)13(7-8-13)9-3-5-10(6-4-9)15(17)18/h3-6H,7-8H2,1-2H3. The molecule has 19 heavy (non-hydrogen) atoms. The van der Waals surface area contributed by atoms with Gasteiger partial charge in [-0.3, -0.25) is 15.0 Å². The third-order valence-electron chi connectivity index (χ3n) is 3.83. The molecule has 100 valence electrons. The number of benzene rings is 1. The summed E-state index contributed by atoms with van der Waals surface area (Å²) in [6.45, 7) is 3.69. The molecule has 0 radical (unpaired) electrons. The summed E-state index contributed by atoms with van der Waals surface area (Å²) in [6.07, 6.45) is 1.41. The second-order valence-corrected chi connectivity index (χ2v) is 5.49. The predicted octanol–water partition coefficient (Wildman–Crippen LogP) is 2.77. The number of cyclic esters (lactones) is 1. The van der Waals surface area contributed by atoms with Crippen LogP contribution < -0.4 is 0 Å². The molecule has 1 saturated heterocycles. The topological polar surface area (TPSA) is 72.7 Å². The van der Waals surface area contributed by atoms with Crippen molar-refractivity contribution in [3.8, 4) is 0 Å². The maximum absolute atomic E-state index is 11.7. The Kier molecular flexibility index (Phi) is 2.18. The minimum absolute atomic E-state index is 0.0602. The zero-order chi connectivity index (χ0) is 13.8. The molecular weight excluding hydrogens is 248 g/mol. The summed E-state index contributed by atoms with van der Waals surface area (Å²) in [6, 6.07) is 6.42. The SMILES string of the molecule is CC1(C)OC(=O)N1C1(c2ccc([N+](=O)[O-])cc2)CC1. The van der Waals surface area contributed by atoms with Gasteiger partial charge >= 0.3 is 6.09 Å². The van der Waals surface area contributed by atoms with Gasteiger partial charge in [0.15, 0.2) is 5.72 Å². The monoisotopic (exact) mass is 262 g/mol. The van der Waals surface area contributed by atoms with Crippen LogP contribution in [0.5, 0.6) is 0 Å². The van der Waals surface area contributed by atoms with Crippen molar-refractivity contribution >= 4 is 11.8 Å². The van der Waals surface area contributed by atoms with Gasteiger partial charge in [-0.1, -0.05) is 0 Å². The average molecular weight is 262 g/mol. The van der Waals surface area contributed by atoms with Crippen molar-refractivity contribution in [2.24, 2.45) is 0 Å². The Bertz CT molecular complexity index is 561. The van der Waals surface area contributed by atoms with Crippen LogP contribution in [0.1, 0.15) is 32.3 Å². The molecule has 3 rings (SSSR count). The van der Waals surface area contributed by atoms with Crippen molar-refractivity contribution in [3.63, 3.8) is 0 Å². The molecule has 6 nitrogen and oxygen atoms in total. The number of hydrogen-bond donors (Lipinski definition) is 0. The van der Waals surface area contributed by atoms with Gasteiger partial charge in [0.2, 0.25) is 0 Å². The molecular formula is C13H14N2O4. The predicted molar refractivity (Wildman–Crippen MR) is 66.4 cm³/mol. The Labute approximate surface area is 110 Å². The molecule has 0 bridgehead atoms. The van der Waals surface area contributed by atoms with Gasteiger partial charge in [0.05, 0.1) is 10.5 Å². The molecule has 1 aliphatic heterocycles. The van der Waals surface area contributed by atoms with Crippen molar-refractivity contribution in [3.05, 3.63) is 39.9 Å². The molecule has 1 amide bonds. The highest BCUT2D eigenvalue weighted by atomic mass is 16.6. The fraction of sp³-hybridized carbons (Fsp3) is 0.462. The molecule has 6 heteroatoms. The number of hydrogen-bond acceptors (Lipinski definition) is 4. The molecule has 0 atom stereocenters. The Balaban J connectivity index is 1.93. The first-order chi connectivity index (χ1) is 8.87. The van der Waals surface area contributed by atoms with E-state index in [0.717, 1.165) is 18.4 Å². The Morgan fingerprint density at radius 2 is 1.84 bits per heavy atom. The number of nitro groups is 1. The van der Waals surface area contributed by atoms with Crippen LogP contribution >= 0.6 is 0 Å². The van der Waals surface area contributed by atoms with E-state index in [9.17, 15) is 14.9 Å². The van der Waals surface area contributed by atoms with Gasteiger partial charge in [0.1, 0.15) is 0 Å². The highest BCUT2D eigenvalue weighted by Gasteiger charge is 2.63. The van der Waals surface area contributed by atoms with Gasteiger partial charge in [0, 0.05) is 12.1 Å². The smallest absolute Gasteiger partial charge is 0.415 e. The summed E-state index contributed by atoms with van der Waals surface area (Å²) in [7, 11) is 0. The zero-order valence-corrected chi connectivity index (χ0v) is 10.8. The van der Waals surface area contributed by atoms with Crippen LogP contribution in [-0.2, 0) is 10.3 Å². The minimum Gasteiger partial charge on any atom is -0.423 e. The van der Waals surface area contributed by atoms with E-state index in [1.165, 1.54) is 12.1 Å². The van der Waals surface area contributed by atoms with Crippen molar-refractivity contribution < 1.29 is 14.5 Å². The van der Waals surface area contributed by atoms with Crippen LogP contribution in [0.25, 0.3) is 0 Å². The van der Waals surface area contributed by atoms with Crippen molar-refractivity contribution in [1.29, 1.82) is 0 Å². The Morgan fingerprint density at radius 1 is 1.26 bits per heavy atom. The number of carbonyl (C=O) groups excluding carboxylic acids is 1. The van der Waals surface area contributed by atoms with Gasteiger partial charge in [-0.25, -0.2) is 4.79 Å². The molecule has 1 aliphatic carbocycles. The molecule has 1 saturated carbocycles. The number of ether oxygens (including phenoxy) is 1. The number of rotatable bonds is 3. The van der Waals surface area contributed by atoms with Crippen LogP contribution in [-0.4, -0.2) is 21.6 Å². The van der Waals surface area contributed by atoms with E-state index < -0.39 is 10.6 Å². The largest absolute Gasteiger partial charge is 0.423 e. The lowest BCUT2D eigenvalue weighted by Gasteiger charge is -2.51. The van der Waals surface area contributed by atoms with Gasteiger partial charge < -0.3 is 4.74 Å². The minimum atomic E-state index is -0.602. The maximum atomic E-state index is 11.7. The molecule has 1 aromatic rings. The van der Waals surface area contributed by atoms with Gasteiger partial charge in [-0.05, 0) is 44.4 Å². The highest BCUT2D eigenvalue weighted by Crippen LogP contribution is 2.57. The number of amides is 1. The summed E-state index contributed by atoms with van der Waals surface area (Å²) in [5.41, 5.74) is 0.0522. The van der Waals surface area contributed by atoms with Crippen molar-refractivity contribution in [2.45, 2.75) is 38.0 Å². The summed E-state index contributed by atoms with van der Waals surface area (Å²) < 4.78 is 5.13. The first kappa shape index (κ1) is 12.0. The van der Waals surface area contributed by atoms with E-state index >= 15 is 0 Å². The lowest BCUT2D eigenvalue weighted by Crippen LogP contribution is -2.65. The van der Waals surface area contributed by atoms with Crippen LogP contribution in [0.3, 0.4) is 0 Å². The quantitative estimate of drug-likeness (QED) is 0.620. The van der Waals surface area contributed by atoms with Crippen LogP contribution in [0, 0.1) is 10.1 Å². The third-order valence-corrected chi connectivity index (χ3v) is 3.83. The van der Waals surface area contributed by atoms with E-state index in [0.29, 0.717) is 0 Å². The van der Waals surface area contributed by atoms with Gasteiger partial charge in [0.25, 0.3) is 5.69 Å². The average Bonchev–Trinajstić information content (AvgIpc) is 3.09. The number of carbonyl (C=O) groups is 1. The highest BCUT2D eigenvalue weighted by molar-refractivity contribution is 5.76. The number of nitro benzene ring substituents is 1. The van der Waals surface area contributed by atoms with Crippen LogP contribution in [0.2, 0.25) is 0 Å². The zero-order valence-electron chi connectivity index (χ0n) is 10.8. The van der Waals surface area contributed by atoms with E-state index in [1.54, 1.807) is 17.0 Å². The molecule has 1 heterocycles. The second kappa shape index (κ2) is 3.46. The fourth-order valence-electron chi connectivity index (χ4n) is 2.83. The summed E-state index contributed by atoms with van der Waals surface area (Å²) in [4.78, 5) is 23.6. The van der Waals surface area contributed by atoms with Crippen LogP contribution in [0.15, 0.2) is 24.3 Å². The van der Waals surface area contributed by atoms with E-state index in [4.69, 9.17) is 4.74 Å². The number of non-ortho nitro benzene ring substituents is 1. The second-order valence-electron chi connectivity index (χ2n) is 5.49. The molecule has 2 fully saturated rings. The molecule has 2 aliphatic rings. The summed E-state index contributed by atoms with van der Waals surface area (Å²) in [5.74, 6) is 0. The molecule has 0 unspecified atom stereocenters. The number of nitrogens with zero attached hydrogens (tertiary/aromatic N) is 2. The molecule has 0 aromatic heterocycles. The van der Waals surface area contributed by atoms with Gasteiger partial charge in [-0.2, -0.15) is 0 Å². The van der Waals surface area contributed by atoms with Crippen molar-refractivity contribution in [2.75, 3.05) is 0 Å². The normalized spacial score (nSPS) is 22.4. The van der Waals surface area contributed by atoms with Crippen molar-refractivity contribution in [1.82, 2.24) is 4.90 Å². The lowest BCUT2D eigenvalue weighted by atomic mass is 9.99. The molecule has 0 N–H and O–H groups in total. The Hall–Kier alpha value is -2.11.